The van der Waals surface area contributed by atoms with Crippen molar-refractivity contribution in [2.45, 2.75) is 25.9 Å². The molecule has 0 aliphatic carbocycles. The Bertz CT molecular complexity index is 634. The van der Waals surface area contributed by atoms with E-state index in [9.17, 15) is 4.79 Å². The molecule has 0 aromatic carbocycles. The van der Waals surface area contributed by atoms with E-state index in [-0.39, 0.29) is 6.10 Å². The number of hydrogen-bond acceptors (Lipinski definition) is 6. The van der Waals surface area contributed by atoms with E-state index in [1.54, 1.807) is 17.6 Å². The molecule has 1 saturated heterocycles. The van der Waals surface area contributed by atoms with Gasteiger partial charge < -0.3 is 14.8 Å². The van der Waals surface area contributed by atoms with Crippen molar-refractivity contribution in [2.24, 2.45) is 0 Å². The highest BCUT2D eigenvalue weighted by atomic mass is 16.5. The van der Waals surface area contributed by atoms with E-state index < -0.39 is 5.97 Å². The minimum atomic E-state index is -0.406. The van der Waals surface area contributed by atoms with E-state index >= 15 is 0 Å². The summed E-state index contributed by atoms with van der Waals surface area (Å²) in [5, 5.41) is 7.34. The molecule has 0 amide bonds. The summed E-state index contributed by atoms with van der Waals surface area (Å²) in [5.41, 5.74) is 0.864. The molecule has 1 atom stereocenters. The van der Waals surface area contributed by atoms with Crippen molar-refractivity contribution in [2.75, 3.05) is 25.1 Å². The molecule has 3 heterocycles. The Morgan fingerprint density at radius 3 is 3.29 bits per heavy atom. The summed E-state index contributed by atoms with van der Waals surface area (Å²) in [4.78, 5) is 16.3. The number of carbonyl (C=O) groups is 1. The molecular weight excluding hydrogens is 272 g/mol. The van der Waals surface area contributed by atoms with Gasteiger partial charge in [0.25, 0.3) is 0 Å². The lowest BCUT2D eigenvalue weighted by molar-refractivity contribution is 0.0528. The van der Waals surface area contributed by atoms with E-state index in [1.807, 2.05) is 6.07 Å². The van der Waals surface area contributed by atoms with Gasteiger partial charge in [-0.05, 0) is 25.8 Å². The van der Waals surface area contributed by atoms with Crippen LogP contribution in [0.1, 0.15) is 30.1 Å². The van der Waals surface area contributed by atoms with Crippen LogP contribution in [0, 0.1) is 0 Å². The third-order valence-corrected chi connectivity index (χ3v) is 3.40. The number of ether oxygens (including phenoxy) is 2. The average molecular weight is 290 g/mol. The van der Waals surface area contributed by atoms with E-state index in [0.717, 1.165) is 19.4 Å². The molecule has 2 aromatic heterocycles. The Balaban J connectivity index is 1.77. The fraction of sp³-hybridized carbons (Fsp3) is 0.500. The van der Waals surface area contributed by atoms with E-state index in [0.29, 0.717) is 30.2 Å². The zero-order valence-corrected chi connectivity index (χ0v) is 11.9. The second-order valence-electron chi connectivity index (χ2n) is 4.88. The number of carbonyl (C=O) groups excluding carboxylic acids is 1. The topological polar surface area (TPSA) is 77.8 Å². The van der Waals surface area contributed by atoms with Crippen molar-refractivity contribution >= 4 is 17.4 Å². The van der Waals surface area contributed by atoms with Crippen LogP contribution in [0.5, 0.6) is 0 Å². The molecule has 3 rings (SSSR count). The monoisotopic (exact) mass is 290 g/mol. The predicted molar refractivity (Wildman–Crippen MR) is 76.4 cm³/mol. The third kappa shape index (κ3) is 2.97. The number of anilines is 1. The Morgan fingerprint density at radius 2 is 2.52 bits per heavy atom. The first kappa shape index (κ1) is 13.8. The second-order valence-corrected chi connectivity index (χ2v) is 4.88. The first-order valence-electron chi connectivity index (χ1n) is 7.15. The van der Waals surface area contributed by atoms with Crippen LogP contribution in [-0.2, 0) is 9.47 Å². The lowest BCUT2D eigenvalue weighted by Gasteiger charge is -2.11. The fourth-order valence-corrected chi connectivity index (χ4v) is 2.34. The number of hydrogen-bond donors (Lipinski definition) is 1. The number of aromatic nitrogens is 3. The predicted octanol–water partition coefficient (Wildman–Crippen LogP) is 1.50. The fourth-order valence-electron chi connectivity index (χ4n) is 2.34. The van der Waals surface area contributed by atoms with Gasteiger partial charge in [-0.15, -0.1) is 0 Å². The van der Waals surface area contributed by atoms with Gasteiger partial charge in [0.2, 0.25) is 0 Å². The van der Waals surface area contributed by atoms with Gasteiger partial charge in [0.1, 0.15) is 11.4 Å². The molecule has 7 nitrogen and oxygen atoms in total. The quantitative estimate of drug-likeness (QED) is 0.841. The summed E-state index contributed by atoms with van der Waals surface area (Å²) in [6, 6.07) is 1.82. The average Bonchev–Trinajstić information content (AvgIpc) is 3.14. The van der Waals surface area contributed by atoms with Crippen LogP contribution in [0.25, 0.3) is 5.65 Å². The number of fused-ring (bicyclic) bond motifs is 1. The van der Waals surface area contributed by atoms with Gasteiger partial charge in [-0.1, -0.05) is 0 Å². The van der Waals surface area contributed by atoms with E-state index in [4.69, 9.17) is 9.47 Å². The molecule has 1 aliphatic rings. The van der Waals surface area contributed by atoms with Crippen LogP contribution in [0.2, 0.25) is 0 Å². The van der Waals surface area contributed by atoms with Gasteiger partial charge in [0, 0.05) is 19.3 Å². The maximum atomic E-state index is 11.8. The molecule has 0 unspecified atom stereocenters. The highest BCUT2D eigenvalue weighted by Crippen LogP contribution is 2.15. The molecule has 2 aromatic rings. The molecule has 0 radical (unpaired) electrons. The maximum Gasteiger partial charge on any atom is 0.343 e. The van der Waals surface area contributed by atoms with Crippen molar-refractivity contribution in [3.8, 4) is 0 Å². The van der Waals surface area contributed by atoms with Gasteiger partial charge in [0.15, 0.2) is 5.65 Å². The van der Waals surface area contributed by atoms with Gasteiger partial charge >= 0.3 is 5.97 Å². The minimum absolute atomic E-state index is 0.234. The summed E-state index contributed by atoms with van der Waals surface area (Å²) in [7, 11) is 0. The summed E-state index contributed by atoms with van der Waals surface area (Å²) in [5.74, 6) is 0.292. The number of nitrogens with one attached hydrogen (secondary N) is 1. The molecule has 1 N–H and O–H groups in total. The van der Waals surface area contributed by atoms with Crippen molar-refractivity contribution in [1.82, 2.24) is 14.6 Å². The van der Waals surface area contributed by atoms with Crippen LogP contribution in [-0.4, -0.2) is 46.4 Å². The van der Waals surface area contributed by atoms with Crippen LogP contribution in [0.4, 0.5) is 5.82 Å². The van der Waals surface area contributed by atoms with Crippen LogP contribution < -0.4 is 5.32 Å². The van der Waals surface area contributed by atoms with Crippen molar-refractivity contribution in [3.05, 3.63) is 24.0 Å². The minimum Gasteiger partial charge on any atom is -0.462 e. The molecule has 0 saturated carbocycles. The molecule has 0 spiro atoms. The number of nitrogens with zero attached hydrogens (tertiary/aromatic N) is 3. The third-order valence-electron chi connectivity index (χ3n) is 3.40. The maximum absolute atomic E-state index is 11.8. The second kappa shape index (κ2) is 6.09. The SMILES string of the molecule is CCOC(=O)c1cnn2ccc(NC[C@H]3CCCO3)nc12. The van der Waals surface area contributed by atoms with Gasteiger partial charge in [-0.25, -0.2) is 14.3 Å². The Labute approximate surface area is 122 Å². The van der Waals surface area contributed by atoms with Gasteiger partial charge in [0.05, 0.1) is 18.9 Å². The highest BCUT2D eigenvalue weighted by molar-refractivity contribution is 5.95. The van der Waals surface area contributed by atoms with Crippen LogP contribution in [0.15, 0.2) is 18.5 Å². The smallest absolute Gasteiger partial charge is 0.343 e. The largest absolute Gasteiger partial charge is 0.462 e. The Hall–Kier alpha value is -2.15. The molecule has 1 fully saturated rings. The van der Waals surface area contributed by atoms with E-state index in [2.05, 4.69) is 15.4 Å². The zero-order chi connectivity index (χ0) is 14.7. The number of rotatable bonds is 5. The van der Waals surface area contributed by atoms with Gasteiger partial charge in [-0.2, -0.15) is 5.10 Å². The standard InChI is InChI=1S/C14H18N4O3/c1-2-20-14(19)11-9-16-18-6-5-12(17-13(11)18)15-8-10-4-3-7-21-10/h5-6,9-10H,2-4,7-8H2,1H3,(H,15,17)/t10-/m1/s1. The lowest BCUT2D eigenvalue weighted by atomic mass is 10.2. The molecule has 7 heteroatoms. The van der Waals surface area contributed by atoms with E-state index in [1.165, 1.54) is 6.20 Å². The lowest BCUT2D eigenvalue weighted by Crippen LogP contribution is -2.19. The van der Waals surface area contributed by atoms with Crippen molar-refractivity contribution < 1.29 is 14.3 Å². The van der Waals surface area contributed by atoms with Gasteiger partial charge in [-0.3, -0.25) is 0 Å². The molecular formula is C14H18N4O3. The van der Waals surface area contributed by atoms with Crippen LogP contribution >= 0.6 is 0 Å². The molecule has 1 aliphatic heterocycles. The van der Waals surface area contributed by atoms with Crippen molar-refractivity contribution in [3.63, 3.8) is 0 Å². The summed E-state index contributed by atoms with van der Waals surface area (Å²) in [6.07, 6.45) is 5.65. The van der Waals surface area contributed by atoms with Crippen molar-refractivity contribution in [1.29, 1.82) is 0 Å². The Morgan fingerprint density at radius 1 is 1.62 bits per heavy atom. The molecule has 21 heavy (non-hydrogen) atoms. The number of esters is 1. The summed E-state index contributed by atoms with van der Waals surface area (Å²) in [6.45, 7) is 3.64. The van der Waals surface area contributed by atoms with Crippen LogP contribution in [0.3, 0.4) is 0 Å². The normalized spacial score (nSPS) is 18.0. The molecule has 112 valence electrons. The highest BCUT2D eigenvalue weighted by Gasteiger charge is 2.17. The summed E-state index contributed by atoms with van der Waals surface area (Å²) < 4.78 is 12.1. The summed E-state index contributed by atoms with van der Waals surface area (Å²) >= 11 is 0. The zero-order valence-electron chi connectivity index (χ0n) is 11.9. The molecule has 0 bridgehead atoms. The first-order valence-corrected chi connectivity index (χ1v) is 7.15. The first-order chi connectivity index (χ1) is 10.3. The Kier molecular flexibility index (Phi) is 4.01.